The number of phosphoric ester groups is 1. The van der Waals surface area contributed by atoms with E-state index in [1.807, 2.05) is 24.3 Å². The van der Waals surface area contributed by atoms with E-state index >= 15 is 0 Å². The number of phosphoric acid groups is 1. The molecule has 2 aromatic rings. The highest BCUT2D eigenvalue weighted by Crippen LogP contribution is 2.36. The Kier molecular flexibility index (Phi) is 8.92. The number of aliphatic hydroxyl groups is 1. The van der Waals surface area contributed by atoms with Crippen LogP contribution in [-0.2, 0) is 15.5 Å². The van der Waals surface area contributed by atoms with Crippen molar-refractivity contribution in [1.29, 1.82) is 0 Å². The van der Waals surface area contributed by atoms with Crippen LogP contribution in [0.2, 0.25) is 5.02 Å². The van der Waals surface area contributed by atoms with E-state index in [-0.39, 0.29) is 6.42 Å². The number of para-hydroxylation sites is 1. The van der Waals surface area contributed by atoms with Crippen molar-refractivity contribution in [3.8, 4) is 11.5 Å². The Labute approximate surface area is 174 Å². The van der Waals surface area contributed by atoms with Gasteiger partial charge in [-0.3, -0.25) is 4.52 Å². The Balaban J connectivity index is 1.76. The number of hydrogen-bond acceptors (Lipinski definition) is 6. The minimum absolute atomic E-state index is 0.287. The third-order valence-corrected chi connectivity index (χ3v) is 4.89. The van der Waals surface area contributed by atoms with Gasteiger partial charge in [-0.2, -0.15) is 0 Å². The molecule has 0 saturated heterocycles. The first kappa shape index (κ1) is 23.6. The average molecular weight is 446 g/mol. The lowest BCUT2D eigenvalue weighted by Gasteiger charge is -2.27. The van der Waals surface area contributed by atoms with Crippen LogP contribution < -0.4 is 15.2 Å². The molecule has 29 heavy (non-hydrogen) atoms. The molecule has 2 rings (SSSR count). The maximum Gasteiger partial charge on any atom is 0.469 e. The first-order chi connectivity index (χ1) is 13.7. The number of benzene rings is 2. The van der Waals surface area contributed by atoms with Crippen molar-refractivity contribution in [2.24, 2.45) is 5.73 Å². The second-order valence-electron chi connectivity index (χ2n) is 6.56. The van der Waals surface area contributed by atoms with Gasteiger partial charge in [-0.15, -0.1) is 0 Å². The second kappa shape index (κ2) is 10.9. The van der Waals surface area contributed by atoms with E-state index in [2.05, 4.69) is 4.52 Å². The summed E-state index contributed by atoms with van der Waals surface area (Å²) in [6, 6.07) is 14.5. The van der Waals surface area contributed by atoms with E-state index in [4.69, 9.17) is 36.6 Å². The zero-order chi connectivity index (χ0) is 21.3. The summed E-state index contributed by atoms with van der Waals surface area (Å²) in [5.41, 5.74) is 5.65. The van der Waals surface area contributed by atoms with Gasteiger partial charge in [-0.1, -0.05) is 35.9 Å². The van der Waals surface area contributed by atoms with Crippen molar-refractivity contribution < 1.29 is 33.5 Å². The lowest BCUT2D eigenvalue weighted by Crippen LogP contribution is -2.48. The Morgan fingerprint density at radius 2 is 1.69 bits per heavy atom. The minimum Gasteiger partial charge on any atom is -0.490 e. The van der Waals surface area contributed by atoms with Crippen LogP contribution in [0.1, 0.15) is 12.0 Å². The highest BCUT2D eigenvalue weighted by atomic mass is 35.5. The van der Waals surface area contributed by atoms with Gasteiger partial charge in [0.15, 0.2) is 0 Å². The molecule has 2 aromatic carbocycles. The largest absolute Gasteiger partial charge is 0.490 e. The predicted octanol–water partition coefficient (Wildman–Crippen LogP) is 2.53. The van der Waals surface area contributed by atoms with E-state index in [0.29, 0.717) is 36.2 Å². The van der Waals surface area contributed by atoms with Crippen molar-refractivity contribution in [2.75, 3.05) is 26.4 Å². The van der Waals surface area contributed by atoms with Gasteiger partial charge < -0.3 is 30.1 Å². The molecule has 0 bridgehead atoms. The van der Waals surface area contributed by atoms with Crippen molar-refractivity contribution in [1.82, 2.24) is 0 Å². The molecule has 0 aliphatic heterocycles. The lowest BCUT2D eigenvalue weighted by molar-refractivity contribution is 0.102. The molecule has 8 nitrogen and oxygen atoms in total. The van der Waals surface area contributed by atoms with Crippen LogP contribution in [-0.4, -0.2) is 46.9 Å². The van der Waals surface area contributed by atoms with E-state index in [1.54, 1.807) is 24.3 Å². The molecule has 160 valence electrons. The SMILES string of the molecule is N[C@](CO)(CCc1ccc(OCCOc2ccccc2Cl)cc1)COP(=O)(O)O. The smallest absolute Gasteiger partial charge is 0.469 e. The summed E-state index contributed by atoms with van der Waals surface area (Å²) in [6.07, 6.45) is 0.785. The number of aryl methyl sites for hydroxylation is 1. The van der Waals surface area contributed by atoms with Gasteiger partial charge in [0, 0.05) is 0 Å². The van der Waals surface area contributed by atoms with Crippen LogP contribution >= 0.6 is 19.4 Å². The van der Waals surface area contributed by atoms with E-state index < -0.39 is 26.6 Å². The van der Waals surface area contributed by atoms with Crippen LogP contribution in [0.4, 0.5) is 0 Å². The van der Waals surface area contributed by atoms with Gasteiger partial charge in [0.25, 0.3) is 0 Å². The molecule has 5 N–H and O–H groups in total. The normalized spacial score (nSPS) is 13.7. The van der Waals surface area contributed by atoms with E-state index in [1.165, 1.54) is 0 Å². The zero-order valence-corrected chi connectivity index (χ0v) is 17.4. The van der Waals surface area contributed by atoms with Crippen molar-refractivity contribution >= 4 is 19.4 Å². The molecule has 0 heterocycles. The first-order valence-corrected chi connectivity index (χ1v) is 10.8. The number of nitrogens with two attached hydrogens (primary N) is 1. The minimum atomic E-state index is -4.64. The molecule has 0 aromatic heterocycles. The summed E-state index contributed by atoms with van der Waals surface area (Å²) in [7, 11) is -4.64. The van der Waals surface area contributed by atoms with Gasteiger partial charge in [-0.05, 0) is 42.7 Å². The monoisotopic (exact) mass is 445 g/mol. The third kappa shape index (κ3) is 8.72. The highest BCUT2D eigenvalue weighted by molar-refractivity contribution is 7.46. The van der Waals surface area contributed by atoms with Gasteiger partial charge >= 0.3 is 7.82 Å². The standard InChI is InChI=1S/C19H25ClNO7P/c20-17-3-1-2-4-18(17)27-12-11-26-16-7-5-15(6-8-16)9-10-19(21,13-22)14-28-29(23,24)25/h1-8,22H,9-14,21H2,(H2,23,24,25)/t19-/m0/s1. The maximum atomic E-state index is 10.8. The molecule has 1 atom stereocenters. The highest BCUT2D eigenvalue weighted by Gasteiger charge is 2.28. The summed E-state index contributed by atoms with van der Waals surface area (Å²) in [5.74, 6) is 1.27. The molecule has 0 aliphatic rings. The van der Waals surface area contributed by atoms with Gasteiger partial charge in [0.05, 0.1) is 23.8 Å². The summed E-state index contributed by atoms with van der Waals surface area (Å²) in [6.45, 7) is -0.210. The summed E-state index contributed by atoms with van der Waals surface area (Å²) < 4.78 is 26.4. The third-order valence-electron chi connectivity index (χ3n) is 4.12. The summed E-state index contributed by atoms with van der Waals surface area (Å²) in [4.78, 5) is 17.6. The Hall–Kier alpha value is -1.64. The van der Waals surface area contributed by atoms with Crippen LogP contribution in [0, 0.1) is 0 Å². The Morgan fingerprint density at radius 1 is 1.03 bits per heavy atom. The maximum absolute atomic E-state index is 10.8. The van der Waals surface area contributed by atoms with Gasteiger partial charge in [-0.25, -0.2) is 4.57 Å². The van der Waals surface area contributed by atoms with Gasteiger partial charge in [0.1, 0.15) is 24.7 Å². The fourth-order valence-electron chi connectivity index (χ4n) is 2.43. The molecule has 0 spiro atoms. The molecule has 0 radical (unpaired) electrons. The molecular formula is C19H25ClNO7P. The lowest BCUT2D eigenvalue weighted by atomic mass is 9.94. The average Bonchev–Trinajstić information content (AvgIpc) is 2.70. The second-order valence-corrected chi connectivity index (χ2v) is 8.20. The van der Waals surface area contributed by atoms with Gasteiger partial charge in [0.2, 0.25) is 0 Å². The quantitative estimate of drug-likeness (QED) is 0.289. The molecule has 0 amide bonds. The molecule has 0 fully saturated rings. The Bertz CT molecular complexity index is 814. The number of hydrogen-bond donors (Lipinski definition) is 4. The molecular weight excluding hydrogens is 421 g/mol. The Morgan fingerprint density at radius 3 is 2.31 bits per heavy atom. The number of ether oxygens (including phenoxy) is 2. The molecule has 0 unspecified atom stereocenters. The predicted molar refractivity (Wildman–Crippen MR) is 109 cm³/mol. The van der Waals surface area contributed by atoms with E-state index in [9.17, 15) is 9.67 Å². The molecule has 0 aliphatic carbocycles. The van der Waals surface area contributed by atoms with Crippen molar-refractivity contribution in [3.63, 3.8) is 0 Å². The van der Waals surface area contributed by atoms with Crippen LogP contribution in [0.5, 0.6) is 11.5 Å². The number of rotatable bonds is 12. The fourth-order valence-corrected chi connectivity index (χ4v) is 3.04. The van der Waals surface area contributed by atoms with Crippen LogP contribution in [0.25, 0.3) is 0 Å². The molecule has 0 saturated carbocycles. The summed E-state index contributed by atoms with van der Waals surface area (Å²) >= 11 is 6.01. The van der Waals surface area contributed by atoms with Crippen LogP contribution in [0.3, 0.4) is 0 Å². The first-order valence-electron chi connectivity index (χ1n) is 8.90. The van der Waals surface area contributed by atoms with E-state index in [0.717, 1.165) is 5.56 Å². The number of halogens is 1. The fraction of sp³-hybridized carbons (Fsp3) is 0.368. The zero-order valence-electron chi connectivity index (χ0n) is 15.7. The molecule has 10 heteroatoms. The van der Waals surface area contributed by atoms with Crippen molar-refractivity contribution in [2.45, 2.75) is 18.4 Å². The number of aliphatic hydroxyl groups excluding tert-OH is 1. The van der Waals surface area contributed by atoms with Crippen molar-refractivity contribution in [3.05, 3.63) is 59.1 Å². The summed E-state index contributed by atoms with van der Waals surface area (Å²) in [5, 5.41) is 9.97. The topological polar surface area (TPSA) is 131 Å². The van der Waals surface area contributed by atoms with Crippen LogP contribution in [0.15, 0.2) is 48.5 Å².